The summed E-state index contributed by atoms with van der Waals surface area (Å²) in [5.41, 5.74) is 8.27. The molecule has 0 radical (unpaired) electrons. The maximum absolute atomic E-state index is 13.1. The lowest BCUT2D eigenvalue weighted by atomic mass is 9.96. The van der Waals surface area contributed by atoms with Crippen LogP contribution in [-0.4, -0.2) is 39.1 Å². The summed E-state index contributed by atoms with van der Waals surface area (Å²) >= 11 is 5.86. The van der Waals surface area contributed by atoms with Crippen molar-refractivity contribution in [1.82, 2.24) is 19.8 Å². The van der Waals surface area contributed by atoms with Gasteiger partial charge in [0.15, 0.2) is 5.11 Å². The van der Waals surface area contributed by atoms with Gasteiger partial charge in [-0.1, -0.05) is 24.3 Å². The maximum Gasteiger partial charge on any atom is 0.226 e. The van der Waals surface area contributed by atoms with Crippen molar-refractivity contribution in [2.24, 2.45) is 0 Å². The summed E-state index contributed by atoms with van der Waals surface area (Å²) in [6.07, 6.45) is 2.10. The third kappa shape index (κ3) is 5.45. The first-order valence-corrected chi connectivity index (χ1v) is 13.9. The number of carbonyl (C=O) groups excluding carboxylic acids is 1. The molecule has 0 aliphatic carbocycles. The molecule has 2 atom stereocenters. The second kappa shape index (κ2) is 11.5. The average Bonchev–Trinajstić information content (AvgIpc) is 3.44. The Labute approximate surface area is 241 Å². The molecule has 2 aromatic heterocycles. The number of hydrogen-bond acceptors (Lipinski definition) is 4. The Morgan fingerprint density at radius 1 is 1.05 bits per heavy atom. The lowest BCUT2D eigenvalue weighted by molar-refractivity contribution is -0.116. The molecule has 4 aromatic rings. The second-order valence-corrected chi connectivity index (χ2v) is 10.7. The van der Waals surface area contributed by atoms with Gasteiger partial charge in [-0.05, 0) is 93.0 Å². The molecule has 0 spiro atoms. The summed E-state index contributed by atoms with van der Waals surface area (Å²) in [6, 6.07) is 22.0. The molecule has 1 fully saturated rings. The van der Waals surface area contributed by atoms with Crippen LogP contribution in [0.4, 0.5) is 5.69 Å². The Morgan fingerprint density at radius 3 is 2.62 bits per heavy atom. The van der Waals surface area contributed by atoms with Crippen LogP contribution < -0.4 is 15.4 Å². The van der Waals surface area contributed by atoms with Crippen molar-refractivity contribution in [3.8, 4) is 11.4 Å². The van der Waals surface area contributed by atoms with E-state index in [1.165, 1.54) is 0 Å². The number of aryl methyl sites for hydroxylation is 3. The highest BCUT2D eigenvalue weighted by molar-refractivity contribution is 7.80. The highest BCUT2D eigenvalue weighted by Crippen LogP contribution is 2.41. The summed E-state index contributed by atoms with van der Waals surface area (Å²) in [5, 5.41) is 7.21. The van der Waals surface area contributed by atoms with Crippen molar-refractivity contribution in [3.05, 3.63) is 107 Å². The number of benzene rings is 2. The molecule has 8 heteroatoms. The van der Waals surface area contributed by atoms with Crippen molar-refractivity contribution in [2.45, 2.75) is 46.2 Å². The monoisotopic (exact) mass is 553 g/mol. The van der Waals surface area contributed by atoms with Crippen LogP contribution in [0.25, 0.3) is 5.69 Å². The van der Waals surface area contributed by atoms with Crippen molar-refractivity contribution < 1.29 is 9.53 Å². The molecule has 1 saturated heterocycles. The number of rotatable bonds is 8. The predicted molar refractivity (Wildman–Crippen MR) is 163 cm³/mol. The van der Waals surface area contributed by atoms with E-state index in [1.807, 2.05) is 68.4 Å². The van der Waals surface area contributed by atoms with Gasteiger partial charge >= 0.3 is 0 Å². The molecule has 2 N–H and O–H groups in total. The molecule has 0 saturated carbocycles. The third-order valence-corrected chi connectivity index (χ3v) is 7.90. The number of aromatic nitrogens is 2. The van der Waals surface area contributed by atoms with Crippen LogP contribution in [0.2, 0.25) is 0 Å². The number of ether oxygens (including phenoxy) is 1. The summed E-state index contributed by atoms with van der Waals surface area (Å²) < 4.78 is 7.72. The van der Waals surface area contributed by atoms with E-state index in [0.29, 0.717) is 18.1 Å². The fourth-order valence-corrected chi connectivity index (χ4v) is 5.86. The first-order chi connectivity index (χ1) is 19.3. The molecular weight excluding hydrogens is 518 g/mol. The average molecular weight is 554 g/mol. The van der Waals surface area contributed by atoms with E-state index >= 15 is 0 Å². The van der Waals surface area contributed by atoms with Gasteiger partial charge in [0.25, 0.3) is 0 Å². The summed E-state index contributed by atoms with van der Waals surface area (Å²) in [6.45, 7) is 8.73. The van der Waals surface area contributed by atoms with Crippen LogP contribution in [0.5, 0.6) is 5.75 Å². The lowest BCUT2D eigenvalue weighted by Crippen LogP contribution is -2.33. The van der Waals surface area contributed by atoms with Crippen LogP contribution in [0.3, 0.4) is 0 Å². The minimum absolute atomic E-state index is 0.0432. The van der Waals surface area contributed by atoms with E-state index in [0.717, 1.165) is 50.9 Å². The van der Waals surface area contributed by atoms with Crippen LogP contribution in [-0.2, 0) is 4.79 Å². The Kier molecular flexibility index (Phi) is 7.89. The van der Waals surface area contributed by atoms with Gasteiger partial charge in [0.1, 0.15) is 5.75 Å². The molecule has 1 aliphatic heterocycles. The van der Waals surface area contributed by atoms with E-state index in [2.05, 4.69) is 51.1 Å². The number of thiocarbonyl (C=S) groups is 1. The van der Waals surface area contributed by atoms with Crippen molar-refractivity contribution in [3.63, 3.8) is 0 Å². The van der Waals surface area contributed by atoms with E-state index in [9.17, 15) is 4.79 Å². The van der Waals surface area contributed by atoms with Crippen LogP contribution >= 0.6 is 12.2 Å². The predicted octanol–water partition coefficient (Wildman–Crippen LogP) is 6.12. The molecule has 1 amide bonds. The number of methoxy groups -OCH3 is 1. The molecule has 0 bridgehead atoms. The van der Waals surface area contributed by atoms with Gasteiger partial charge in [0.05, 0.1) is 24.9 Å². The molecule has 2 aromatic carbocycles. The van der Waals surface area contributed by atoms with Gasteiger partial charge in [-0.3, -0.25) is 9.78 Å². The number of nitrogens with one attached hydrogen (secondary N) is 2. The van der Waals surface area contributed by atoms with Crippen LogP contribution in [0.15, 0.2) is 72.9 Å². The summed E-state index contributed by atoms with van der Waals surface area (Å²) in [7, 11) is 1.68. The zero-order chi connectivity index (χ0) is 28.4. The fraction of sp³-hybridized carbons (Fsp3) is 0.281. The number of hydrogen-bond donors (Lipinski definition) is 2. The van der Waals surface area contributed by atoms with Gasteiger partial charge in [-0.15, -0.1) is 0 Å². The maximum atomic E-state index is 13.1. The first-order valence-electron chi connectivity index (χ1n) is 13.4. The molecule has 0 unspecified atom stereocenters. The summed E-state index contributed by atoms with van der Waals surface area (Å²) in [5.74, 6) is 0.761. The second-order valence-electron chi connectivity index (χ2n) is 10.3. The van der Waals surface area contributed by atoms with Crippen LogP contribution in [0.1, 0.15) is 52.3 Å². The first kappa shape index (κ1) is 27.4. The molecular formula is C32H35N5O2S. The standard InChI is InChI=1S/C32H35N5O2S/c1-20-12-13-21(2)28(17-20)34-29(38)14-16-36-31(30(35-32(36)40)27-11-6-7-15-33-27)26-18-22(3)37(23(26)4)24-9-8-10-25(19-24)39-5/h6-13,15,17-19,30-31H,14,16H2,1-5H3,(H,34,38)(H,35,40)/t30-,31+/m1/s1. The Morgan fingerprint density at radius 2 is 1.88 bits per heavy atom. The molecule has 1 aliphatic rings. The zero-order valence-electron chi connectivity index (χ0n) is 23.6. The molecule has 40 heavy (non-hydrogen) atoms. The zero-order valence-corrected chi connectivity index (χ0v) is 24.4. The highest BCUT2D eigenvalue weighted by atomic mass is 32.1. The van der Waals surface area contributed by atoms with Gasteiger partial charge in [0.2, 0.25) is 5.91 Å². The SMILES string of the molecule is COc1cccc(-n2c(C)cc([C@H]3[C@@H](c4ccccn4)NC(=S)N3CCC(=O)Nc3cc(C)ccc3C)c2C)c1. The van der Waals surface area contributed by atoms with E-state index in [-0.39, 0.29) is 18.0 Å². The molecule has 5 rings (SSSR count). The smallest absolute Gasteiger partial charge is 0.226 e. The Bertz CT molecular complexity index is 1550. The Hall–Kier alpha value is -4.17. The number of carbonyl (C=O) groups is 1. The van der Waals surface area contributed by atoms with Gasteiger partial charge in [-0.25, -0.2) is 0 Å². The van der Waals surface area contributed by atoms with Gasteiger partial charge < -0.3 is 24.8 Å². The lowest BCUT2D eigenvalue weighted by Gasteiger charge is -2.28. The molecule has 206 valence electrons. The highest BCUT2D eigenvalue weighted by Gasteiger charge is 2.41. The topological polar surface area (TPSA) is 71.4 Å². The number of amides is 1. The molecule has 7 nitrogen and oxygen atoms in total. The minimum Gasteiger partial charge on any atom is -0.497 e. The van der Waals surface area contributed by atoms with Gasteiger partial charge in [-0.2, -0.15) is 0 Å². The largest absolute Gasteiger partial charge is 0.497 e. The minimum atomic E-state index is -0.157. The van der Waals surface area contributed by atoms with E-state index in [4.69, 9.17) is 17.0 Å². The summed E-state index contributed by atoms with van der Waals surface area (Å²) in [4.78, 5) is 19.9. The van der Waals surface area contributed by atoms with Crippen LogP contribution in [0, 0.1) is 27.7 Å². The fourth-order valence-electron chi connectivity index (χ4n) is 5.52. The number of pyridine rings is 1. The van der Waals surface area contributed by atoms with Crippen molar-refractivity contribution >= 4 is 28.9 Å². The quantitative estimate of drug-likeness (QED) is 0.256. The van der Waals surface area contributed by atoms with Gasteiger partial charge in [0, 0.05) is 48.0 Å². The van der Waals surface area contributed by atoms with Crippen molar-refractivity contribution in [1.29, 1.82) is 0 Å². The third-order valence-electron chi connectivity index (χ3n) is 7.55. The number of anilines is 1. The normalized spacial score (nSPS) is 16.6. The Balaban J connectivity index is 1.47. The van der Waals surface area contributed by atoms with E-state index in [1.54, 1.807) is 13.3 Å². The number of nitrogens with zero attached hydrogens (tertiary/aromatic N) is 3. The van der Waals surface area contributed by atoms with Crippen molar-refractivity contribution in [2.75, 3.05) is 19.0 Å². The molecule has 3 heterocycles. The van der Waals surface area contributed by atoms with E-state index < -0.39 is 0 Å².